The van der Waals surface area contributed by atoms with Crippen LogP contribution in [0.1, 0.15) is 33.0 Å². The van der Waals surface area contributed by atoms with Crippen LogP contribution < -0.4 is 10.1 Å². The van der Waals surface area contributed by atoms with Crippen molar-refractivity contribution in [2.24, 2.45) is 0 Å². The average molecular weight is 498 g/mol. The first kappa shape index (κ1) is 24.8. The molecular weight excluding hydrogens is 478 g/mol. The van der Waals surface area contributed by atoms with Crippen molar-refractivity contribution >= 4 is 29.1 Å². The van der Waals surface area contributed by atoms with Crippen LogP contribution in [0.15, 0.2) is 48.7 Å². The fourth-order valence-corrected chi connectivity index (χ4v) is 3.54. The Morgan fingerprint density at radius 1 is 1.18 bits per heavy atom. The van der Waals surface area contributed by atoms with Crippen LogP contribution in [0.25, 0.3) is 0 Å². The summed E-state index contributed by atoms with van der Waals surface area (Å²) >= 11 is 12.4. The zero-order chi connectivity index (χ0) is 24.2. The third-order valence-electron chi connectivity index (χ3n) is 4.68. The number of alkyl halides is 4. The van der Waals surface area contributed by atoms with E-state index in [9.17, 15) is 18.0 Å². The fraction of sp³-hybridized carbons (Fsp3) is 0.261. The predicted molar refractivity (Wildman–Crippen MR) is 120 cm³/mol. The van der Waals surface area contributed by atoms with Gasteiger partial charge in [-0.05, 0) is 55.7 Å². The molecule has 0 aliphatic carbocycles. The summed E-state index contributed by atoms with van der Waals surface area (Å²) in [5.74, 6) is -0.396. The molecule has 1 atom stereocenters. The molecule has 1 N–H and O–H groups in total. The van der Waals surface area contributed by atoms with Crippen LogP contribution >= 0.6 is 23.2 Å². The standard InChI is InChI=1S/C23H20Cl2F3N3O2/c1-13-6-7-15(19(25)8-13)9-17(11-24)31-22(32)21-20(12-29-14(2)30-21)33-18-5-3-4-16(10-18)23(26,27)28/h3-8,10,12,17H,9,11H2,1-2H3,(H,31,32). The second-order valence-electron chi connectivity index (χ2n) is 7.38. The molecule has 33 heavy (non-hydrogen) atoms. The van der Waals surface area contributed by atoms with Crippen LogP contribution in [0.2, 0.25) is 5.02 Å². The molecule has 10 heteroatoms. The van der Waals surface area contributed by atoms with Crippen LogP contribution in [0, 0.1) is 13.8 Å². The predicted octanol–water partition coefficient (Wildman–Crippen LogP) is 6.14. The number of carbonyl (C=O) groups excluding carboxylic acids is 1. The topological polar surface area (TPSA) is 64.1 Å². The van der Waals surface area contributed by atoms with Crippen molar-refractivity contribution in [1.29, 1.82) is 0 Å². The molecule has 0 radical (unpaired) electrons. The van der Waals surface area contributed by atoms with Gasteiger partial charge in [0, 0.05) is 16.9 Å². The molecule has 174 valence electrons. The van der Waals surface area contributed by atoms with Gasteiger partial charge in [0.2, 0.25) is 0 Å². The smallest absolute Gasteiger partial charge is 0.416 e. The summed E-state index contributed by atoms with van der Waals surface area (Å²) in [6.07, 6.45) is -2.92. The number of benzene rings is 2. The lowest BCUT2D eigenvalue weighted by Crippen LogP contribution is -2.38. The molecule has 2 aromatic carbocycles. The van der Waals surface area contributed by atoms with Crippen LogP contribution in [0.3, 0.4) is 0 Å². The number of aryl methyl sites for hydroxylation is 2. The van der Waals surface area contributed by atoms with Gasteiger partial charge in [0.15, 0.2) is 11.4 Å². The van der Waals surface area contributed by atoms with Crippen LogP contribution in [-0.2, 0) is 12.6 Å². The van der Waals surface area contributed by atoms with E-state index in [1.165, 1.54) is 18.3 Å². The molecule has 1 unspecified atom stereocenters. The largest absolute Gasteiger partial charge is 0.453 e. The highest BCUT2D eigenvalue weighted by Crippen LogP contribution is 2.33. The lowest BCUT2D eigenvalue weighted by molar-refractivity contribution is -0.137. The number of hydrogen-bond donors (Lipinski definition) is 1. The van der Waals surface area contributed by atoms with Crippen LogP contribution in [0.4, 0.5) is 13.2 Å². The zero-order valence-corrected chi connectivity index (χ0v) is 19.2. The minimum atomic E-state index is -4.53. The van der Waals surface area contributed by atoms with Gasteiger partial charge in [-0.15, -0.1) is 11.6 Å². The molecule has 1 aromatic heterocycles. The number of rotatable bonds is 7. The second-order valence-corrected chi connectivity index (χ2v) is 8.10. The Hall–Kier alpha value is -2.84. The number of nitrogens with one attached hydrogen (secondary N) is 1. The zero-order valence-electron chi connectivity index (χ0n) is 17.7. The lowest BCUT2D eigenvalue weighted by atomic mass is 10.0. The van der Waals surface area contributed by atoms with E-state index in [1.807, 2.05) is 25.1 Å². The summed E-state index contributed by atoms with van der Waals surface area (Å²) in [5, 5.41) is 3.34. The van der Waals surface area contributed by atoms with Gasteiger partial charge in [-0.1, -0.05) is 29.8 Å². The van der Waals surface area contributed by atoms with Gasteiger partial charge in [0.05, 0.1) is 11.8 Å². The van der Waals surface area contributed by atoms with Gasteiger partial charge in [-0.25, -0.2) is 9.97 Å². The van der Waals surface area contributed by atoms with Gasteiger partial charge in [-0.3, -0.25) is 4.79 Å². The van der Waals surface area contributed by atoms with E-state index in [4.69, 9.17) is 27.9 Å². The molecular formula is C23H20Cl2F3N3O2. The number of halogens is 5. The summed E-state index contributed by atoms with van der Waals surface area (Å²) in [5.41, 5.74) is 0.817. The lowest BCUT2D eigenvalue weighted by Gasteiger charge is -2.18. The number of nitrogens with zero attached hydrogens (tertiary/aromatic N) is 2. The first-order chi connectivity index (χ1) is 15.6. The van der Waals surface area contributed by atoms with Gasteiger partial charge in [0.25, 0.3) is 5.91 Å². The minimum Gasteiger partial charge on any atom is -0.453 e. The molecule has 0 spiro atoms. The van der Waals surface area contributed by atoms with Crippen molar-refractivity contribution in [3.8, 4) is 11.5 Å². The molecule has 5 nitrogen and oxygen atoms in total. The summed E-state index contributed by atoms with van der Waals surface area (Å²) in [4.78, 5) is 21.1. The fourth-order valence-electron chi connectivity index (χ4n) is 3.04. The van der Waals surface area contributed by atoms with E-state index < -0.39 is 23.7 Å². The Kier molecular flexibility index (Phi) is 7.81. The van der Waals surface area contributed by atoms with E-state index >= 15 is 0 Å². The average Bonchev–Trinajstić information content (AvgIpc) is 2.75. The van der Waals surface area contributed by atoms with Gasteiger partial charge >= 0.3 is 6.18 Å². The molecule has 0 saturated heterocycles. The van der Waals surface area contributed by atoms with Gasteiger partial charge in [0.1, 0.15) is 11.6 Å². The minimum absolute atomic E-state index is 0.0842. The molecule has 3 rings (SSSR count). The number of aromatic nitrogens is 2. The monoisotopic (exact) mass is 497 g/mol. The Labute approximate surface area is 198 Å². The molecule has 1 heterocycles. The molecule has 0 bridgehead atoms. The highest BCUT2D eigenvalue weighted by Gasteiger charge is 2.31. The van der Waals surface area contributed by atoms with Gasteiger partial charge in [-0.2, -0.15) is 13.2 Å². The molecule has 3 aromatic rings. The Balaban J connectivity index is 1.82. The van der Waals surface area contributed by atoms with E-state index in [-0.39, 0.29) is 23.1 Å². The number of hydrogen-bond acceptors (Lipinski definition) is 4. The van der Waals surface area contributed by atoms with Crippen molar-refractivity contribution in [3.05, 3.63) is 81.9 Å². The summed E-state index contributed by atoms with van der Waals surface area (Å²) < 4.78 is 44.6. The molecule has 0 aliphatic rings. The maximum Gasteiger partial charge on any atom is 0.416 e. The maximum absolute atomic E-state index is 13.0. The van der Waals surface area contributed by atoms with Crippen molar-refractivity contribution < 1.29 is 22.7 Å². The summed E-state index contributed by atoms with van der Waals surface area (Å²) in [6, 6.07) is 9.42. The first-order valence-electron chi connectivity index (χ1n) is 9.87. The molecule has 0 saturated carbocycles. The third-order valence-corrected chi connectivity index (χ3v) is 5.40. The number of ether oxygens (including phenoxy) is 1. The Morgan fingerprint density at radius 2 is 1.94 bits per heavy atom. The molecule has 0 fully saturated rings. The quantitative estimate of drug-likeness (QED) is 0.398. The summed E-state index contributed by atoms with van der Waals surface area (Å²) in [7, 11) is 0. The van der Waals surface area contributed by atoms with Crippen molar-refractivity contribution in [3.63, 3.8) is 0 Å². The van der Waals surface area contributed by atoms with Crippen LogP contribution in [0.5, 0.6) is 11.5 Å². The number of amides is 1. The molecule has 1 amide bonds. The van der Waals surface area contributed by atoms with Crippen LogP contribution in [-0.4, -0.2) is 27.8 Å². The van der Waals surface area contributed by atoms with Crippen molar-refractivity contribution in [2.75, 3.05) is 5.88 Å². The Bertz CT molecular complexity index is 1160. The highest BCUT2D eigenvalue weighted by atomic mass is 35.5. The van der Waals surface area contributed by atoms with Gasteiger partial charge < -0.3 is 10.1 Å². The molecule has 0 aliphatic heterocycles. The van der Waals surface area contributed by atoms with Crippen molar-refractivity contribution in [1.82, 2.24) is 15.3 Å². The summed E-state index contributed by atoms with van der Waals surface area (Å²) in [6.45, 7) is 3.50. The maximum atomic E-state index is 13.0. The van der Waals surface area contributed by atoms with E-state index in [0.29, 0.717) is 17.3 Å². The third kappa shape index (κ3) is 6.58. The van der Waals surface area contributed by atoms with Crippen molar-refractivity contribution in [2.45, 2.75) is 32.5 Å². The highest BCUT2D eigenvalue weighted by molar-refractivity contribution is 6.31. The Morgan fingerprint density at radius 3 is 2.61 bits per heavy atom. The second kappa shape index (κ2) is 10.4. The first-order valence-corrected chi connectivity index (χ1v) is 10.8. The number of carbonyl (C=O) groups is 1. The normalized spacial score (nSPS) is 12.3. The SMILES string of the molecule is Cc1ccc(CC(CCl)NC(=O)c2nc(C)ncc2Oc2cccc(C(F)(F)F)c2)c(Cl)c1. The van der Waals surface area contributed by atoms with E-state index in [2.05, 4.69) is 15.3 Å². The van der Waals surface area contributed by atoms with E-state index in [1.54, 1.807) is 6.92 Å². The van der Waals surface area contributed by atoms with E-state index in [0.717, 1.165) is 23.3 Å².